The molecule has 29 heavy (non-hydrogen) atoms. The summed E-state index contributed by atoms with van der Waals surface area (Å²) in [5, 5.41) is 49.5. The van der Waals surface area contributed by atoms with Crippen LogP contribution in [0.15, 0.2) is 6.07 Å². The average Bonchev–Trinajstić information content (AvgIpc) is 2.84. The number of carbonyl (C=O) groups excluding carboxylic acids is 1. The van der Waals surface area contributed by atoms with E-state index in [1.165, 1.54) is 0 Å². The minimum absolute atomic E-state index is 0.0893. The maximum Gasteiger partial charge on any atom is 0.186 e. The Labute approximate surface area is 169 Å². The Morgan fingerprint density at radius 2 is 1.76 bits per heavy atom. The van der Waals surface area contributed by atoms with Gasteiger partial charge in [0.05, 0.1) is 24.7 Å². The van der Waals surface area contributed by atoms with Crippen LogP contribution in [0.5, 0.6) is 0 Å². The minimum Gasteiger partial charge on any atom is -0.394 e. The maximum atomic E-state index is 12.8. The molecule has 3 rings (SSSR count). The predicted octanol–water partition coefficient (Wildman–Crippen LogP) is -0.0817. The Morgan fingerprint density at radius 1 is 1.10 bits per heavy atom. The van der Waals surface area contributed by atoms with Crippen LogP contribution in [0.3, 0.4) is 0 Å². The van der Waals surface area contributed by atoms with Gasteiger partial charge in [-0.25, -0.2) is 0 Å². The number of fused-ring (bicyclic) bond motifs is 1. The number of aliphatic hydroxyl groups excluding tert-OH is 5. The molecule has 1 aromatic carbocycles. The molecule has 1 aromatic rings. The first kappa shape index (κ1) is 22.3. The summed E-state index contributed by atoms with van der Waals surface area (Å²) >= 11 is 0. The summed E-state index contributed by atoms with van der Waals surface area (Å²) in [6.07, 6.45) is -7.02. The van der Waals surface area contributed by atoms with Crippen LogP contribution in [0, 0.1) is 19.3 Å². The summed E-state index contributed by atoms with van der Waals surface area (Å²) in [5.41, 5.74) is 2.96. The molecule has 0 aromatic heterocycles. The number of ether oxygens (including phenoxy) is 2. The lowest BCUT2D eigenvalue weighted by Gasteiger charge is -2.39. The van der Waals surface area contributed by atoms with Crippen LogP contribution >= 0.6 is 0 Å². The molecule has 1 heterocycles. The highest BCUT2D eigenvalue weighted by molar-refractivity contribution is 6.06. The quantitative estimate of drug-likeness (QED) is 0.455. The smallest absolute Gasteiger partial charge is 0.186 e. The third-order valence-electron chi connectivity index (χ3n) is 6.24. The van der Waals surface area contributed by atoms with E-state index in [4.69, 9.17) is 9.47 Å². The van der Waals surface area contributed by atoms with Gasteiger partial charge in [0, 0.05) is 5.56 Å². The van der Waals surface area contributed by atoms with Gasteiger partial charge in [-0.1, -0.05) is 6.07 Å². The number of hydrogen-bond donors (Lipinski definition) is 5. The van der Waals surface area contributed by atoms with Crippen molar-refractivity contribution in [3.8, 4) is 0 Å². The number of hydrogen-bond acceptors (Lipinski definition) is 8. The van der Waals surface area contributed by atoms with E-state index in [1.807, 2.05) is 19.9 Å². The molecule has 8 nitrogen and oxygen atoms in total. The molecule has 0 spiro atoms. The summed E-state index contributed by atoms with van der Waals surface area (Å²) in [5.74, 6) is -0.0893. The SMILES string of the molecule is Cc1cc2c(c(C)c1CCO[C@@H]1O[C@H](CO)[C@@H](O)[C@H](O)[C@H]1O)C(=O)C(C)(C)[C@H]2O. The summed E-state index contributed by atoms with van der Waals surface area (Å²) in [6.45, 7) is 6.82. The Bertz CT molecular complexity index is 787. The van der Waals surface area contributed by atoms with E-state index >= 15 is 0 Å². The highest BCUT2D eigenvalue weighted by Crippen LogP contribution is 2.47. The van der Waals surface area contributed by atoms with Gasteiger partial charge < -0.3 is 35.0 Å². The lowest BCUT2D eigenvalue weighted by Crippen LogP contribution is -2.59. The lowest BCUT2D eigenvalue weighted by molar-refractivity contribution is -0.300. The van der Waals surface area contributed by atoms with Gasteiger partial charge in [-0.15, -0.1) is 0 Å². The van der Waals surface area contributed by atoms with E-state index < -0.39 is 48.8 Å². The Morgan fingerprint density at radius 3 is 2.38 bits per heavy atom. The third-order valence-corrected chi connectivity index (χ3v) is 6.24. The van der Waals surface area contributed by atoms with Crippen LogP contribution in [0.1, 0.15) is 52.6 Å². The van der Waals surface area contributed by atoms with Gasteiger partial charge in [-0.05, 0) is 56.4 Å². The van der Waals surface area contributed by atoms with E-state index in [9.17, 15) is 30.3 Å². The molecule has 0 radical (unpaired) electrons. The van der Waals surface area contributed by atoms with Crippen molar-refractivity contribution < 1.29 is 39.8 Å². The van der Waals surface area contributed by atoms with Crippen molar-refractivity contribution in [2.75, 3.05) is 13.2 Å². The van der Waals surface area contributed by atoms with E-state index in [0.717, 1.165) is 16.7 Å². The van der Waals surface area contributed by atoms with Crippen LogP contribution in [-0.2, 0) is 15.9 Å². The third kappa shape index (κ3) is 3.63. The number of carbonyl (C=O) groups is 1. The standard InChI is InChI=1S/C21H30O8/c1-9-7-12-14(19(27)21(3,4)18(12)26)10(2)11(9)5-6-28-20-17(25)16(24)15(23)13(8-22)29-20/h7,13,15-18,20,22-26H,5-6,8H2,1-4H3/t13-,15-,16+,17-,18+,20-/m1/s1. The largest absolute Gasteiger partial charge is 0.394 e. The van der Waals surface area contributed by atoms with Crippen LogP contribution in [0.2, 0.25) is 0 Å². The molecule has 0 saturated carbocycles. The normalized spacial score (nSPS) is 33.8. The molecule has 6 atom stereocenters. The second-order valence-corrected chi connectivity index (χ2v) is 8.53. The summed E-state index contributed by atoms with van der Waals surface area (Å²) in [7, 11) is 0. The van der Waals surface area contributed by atoms with Gasteiger partial charge in [-0.2, -0.15) is 0 Å². The van der Waals surface area contributed by atoms with Crippen molar-refractivity contribution in [1.82, 2.24) is 0 Å². The minimum atomic E-state index is -1.49. The Balaban J connectivity index is 1.74. The molecule has 1 aliphatic carbocycles. The van der Waals surface area contributed by atoms with Crippen LogP contribution in [-0.4, -0.2) is 75.2 Å². The van der Waals surface area contributed by atoms with E-state index in [2.05, 4.69) is 0 Å². The van der Waals surface area contributed by atoms with Crippen LogP contribution in [0.25, 0.3) is 0 Å². The molecular weight excluding hydrogens is 380 g/mol. The Kier molecular flexibility index (Phi) is 6.18. The molecule has 0 unspecified atom stereocenters. The number of benzene rings is 1. The fraction of sp³-hybridized carbons (Fsp3) is 0.667. The first-order chi connectivity index (χ1) is 13.5. The molecule has 0 bridgehead atoms. The van der Waals surface area contributed by atoms with Crippen LogP contribution < -0.4 is 0 Å². The van der Waals surface area contributed by atoms with Gasteiger partial charge >= 0.3 is 0 Å². The predicted molar refractivity (Wildman–Crippen MR) is 102 cm³/mol. The van der Waals surface area contributed by atoms with Crippen molar-refractivity contribution in [2.45, 2.75) is 70.9 Å². The van der Waals surface area contributed by atoms with Gasteiger partial charge in [-0.3, -0.25) is 4.79 Å². The number of ketones is 1. The molecule has 0 amide bonds. The van der Waals surface area contributed by atoms with Crippen LogP contribution in [0.4, 0.5) is 0 Å². The first-order valence-corrected chi connectivity index (χ1v) is 9.80. The molecule has 5 N–H and O–H groups in total. The zero-order valence-electron chi connectivity index (χ0n) is 17.1. The summed E-state index contributed by atoms with van der Waals surface area (Å²) in [6, 6.07) is 1.84. The molecule has 2 aliphatic rings. The zero-order valence-corrected chi connectivity index (χ0v) is 17.1. The lowest BCUT2D eigenvalue weighted by atomic mass is 9.86. The molecule has 1 fully saturated rings. The van der Waals surface area contributed by atoms with Gasteiger partial charge in [0.25, 0.3) is 0 Å². The number of aryl methyl sites for hydroxylation is 1. The van der Waals surface area contributed by atoms with E-state index in [0.29, 0.717) is 17.5 Å². The maximum absolute atomic E-state index is 12.8. The van der Waals surface area contributed by atoms with Crippen molar-refractivity contribution in [1.29, 1.82) is 0 Å². The molecular formula is C21H30O8. The Hall–Kier alpha value is -1.39. The van der Waals surface area contributed by atoms with E-state index in [-0.39, 0.29) is 12.4 Å². The second-order valence-electron chi connectivity index (χ2n) is 8.53. The van der Waals surface area contributed by atoms with Crippen molar-refractivity contribution in [2.24, 2.45) is 5.41 Å². The molecule has 8 heteroatoms. The highest BCUT2D eigenvalue weighted by atomic mass is 16.7. The monoisotopic (exact) mass is 410 g/mol. The zero-order chi connectivity index (χ0) is 21.7. The van der Waals surface area contributed by atoms with Gasteiger partial charge in [0.15, 0.2) is 12.1 Å². The van der Waals surface area contributed by atoms with E-state index in [1.54, 1.807) is 13.8 Å². The molecule has 1 aliphatic heterocycles. The molecule has 162 valence electrons. The van der Waals surface area contributed by atoms with Crippen molar-refractivity contribution in [3.05, 3.63) is 33.9 Å². The summed E-state index contributed by atoms with van der Waals surface area (Å²) in [4.78, 5) is 12.8. The number of rotatable bonds is 5. The van der Waals surface area contributed by atoms with Gasteiger partial charge in [0.1, 0.15) is 24.4 Å². The first-order valence-electron chi connectivity index (χ1n) is 9.80. The average molecular weight is 410 g/mol. The number of Topliss-reactive ketones (excluding diaryl/α,β-unsaturated/α-hetero) is 1. The molecule has 1 saturated heterocycles. The van der Waals surface area contributed by atoms with Gasteiger partial charge in [0.2, 0.25) is 0 Å². The highest BCUT2D eigenvalue weighted by Gasteiger charge is 2.47. The summed E-state index contributed by atoms with van der Waals surface area (Å²) < 4.78 is 10.9. The fourth-order valence-electron chi connectivity index (χ4n) is 4.27. The van der Waals surface area contributed by atoms with Crippen molar-refractivity contribution >= 4 is 5.78 Å². The fourth-order valence-corrected chi connectivity index (χ4v) is 4.27. The second kappa shape index (κ2) is 8.03. The number of aliphatic hydroxyl groups is 5. The van der Waals surface area contributed by atoms with Crippen molar-refractivity contribution in [3.63, 3.8) is 0 Å². The topological polar surface area (TPSA) is 137 Å².